The van der Waals surface area contributed by atoms with Gasteiger partial charge in [0.15, 0.2) is 0 Å². The Hall–Kier alpha value is -2.71. The van der Waals surface area contributed by atoms with Crippen LogP contribution >= 0.6 is 0 Å². The molecule has 0 radical (unpaired) electrons. The molecule has 0 spiro atoms. The molecular weight excluding hydrogens is 402 g/mol. The molecule has 0 saturated carbocycles. The first-order valence-electron chi connectivity index (χ1n) is 10.0. The summed E-state index contributed by atoms with van der Waals surface area (Å²) in [6.45, 7) is 5.92. The number of carbonyl (C=O) groups is 2. The zero-order chi connectivity index (χ0) is 22.1. The van der Waals surface area contributed by atoms with E-state index in [1.165, 1.54) is 24.3 Å². The minimum Gasteiger partial charge on any atom is -0.348 e. The van der Waals surface area contributed by atoms with E-state index in [9.17, 15) is 18.0 Å². The number of sulfonamides is 1. The van der Waals surface area contributed by atoms with Crippen molar-refractivity contribution in [1.29, 1.82) is 0 Å². The van der Waals surface area contributed by atoms with Crippen molar-refractivity contribution in [3.8, 4) is 0 Å². The van der Waals surface area contributed by atoms with Crippen LogP contribution in [0.15, 0.2) is 53.4 Å². The van der Waals surface area contributed by atoms with Crippen molar-refractivity contribution in [3.05, 3.63) is 59.7 Å². The van der Waals surface area contributed by atoms with Crippen LogP contribution in [0.2, 0.25) is 0 Å². The maximum atomic E-state index is 12.4. The second-order valence-corrected chi connectivity index (χ2v) is 8.85. The lowest BCUT2D eigenvalue weighted by Crippen LogP contribution is -2.32. The summed E-state index contributed by atoms with van der Waals surface area (Å²) in [6.07, 6.45) is 1.91. The van der Waals surface area contributed by atoms with Crippen LogP contribution in [-0.4, -0.2) is 26.3 Å². The van der Waals surface area contributed by atoms with E-state index in [2.05, 4.69) is 15.4 Å². The van der Waals surface area contributed by atoms with Crippen molar-refractivity contribution in [2.45, 2.75) is 57.5 Å². The molecule has 2 aromatic rings. The van der Waals surface area contributed by atoms with Crippen molar-refractivity contribution in [3.63, 3.8) is 0 Å². The summed E-state index contributed by atoms with van der Waals surface area (Å²) in [5, 5.41) is 5.63. The molecule has 8 heteroatoms. The molecule has 2 aromatic carbocycles. The Bertz CT molecular complexity index is 972. The summed E-state index contributed by atoms with van der Waals surface area (Å²) in [5.74, 6) is -0.356. The molecule has 0 saturated heterocycles. The molecule has 0 aromatic heterocycles. The lowest BCUT2D eigenvalue weighted by molar-refractivity contribution is -0.116. The molecule has 30 heavy (non-hydrogen) atoms. The summed E-state index contributed by atoms with van der Waals surface area (Å²) in [6, 6.07) is 12.9. The van der Waals surface area contributed by atoms with Gasteiger partial charge in [-0.15, -0.1) is 0 Å². The predicted molar refractivity (Wildman–Crippen MR) is 118 cm³/mol. The van der Waals surface area contributed by atoms with E-state index in [1.54, 1.807) is 13.0 Å². The van der Waals surface area contributed by atoms with E-state index in [0.29, 0.717) is 24.1 Å². The Morgan fingerprint density at radius 2 is 1.73 bits per heavy atom. The topological polar surface area (TPSA) is 104 Å². The van der Waals surface area contributed by atoms with Crippen LogP contribution in [0.25, 0.3) is 0 Å². The Labute approximate surface area is 178 Å². The summed E-state index contributed by atoms with van der Waals surface area (Å²) in [5.41, 5.74) is 1.89. The molecule has 1 unspecified atom stereocenters. The zero-order valence-electron chi connectivity index (χ0n) is 17.6. The first-order chi connectivity index (χ1) is 14.2. The SMILES string of the molecule is CCCC(=O)Nc1cccc(CNC(=O)c2ccc(S(=O)(=O)NC(C)CC)cc2)c1. The average molecular weight is 432 g/mol. The van der Waals surface area contributed by atoms with E-state index in [-0.39, 0.29) is 29.3 Å². The van der Waals surface area contributed by atoms with Gasteiger partial charge in [-0.25, -0.2) is 13.1 Å². The number of carbonyl (C=O) groups excluding carboxylic acids is 2. The third kappa shape index (κ3) is 6.96. The normalized spacial score (nSPS) is 12.2. The van der Waals surface area contributed by atoms with Gasteiger partial charge in [0.25, 0.3) is 5.91 Å². The van der Waals surface area contributed by atoms with Crippen molar-refractivity contribution < 1.29 is 18.0 Å². The summed E-state index contributed by atoms with van der Waals surface area (Å²) >= 11 is 0. The van der Waals surface area contributed by atoms with Crippen LogP contribution in [0, 0.1) is 0 Å². The minimum absolute atomic E-state index is 0.0449. The summed E-state index contributed by atoms with van der Waals surface area (Å²) < 4.78 is 27.2. The maximum Gasteiger partial charge on any atom is 0.251 e. The van der Waals surface area contributed by atoms with Crippen molar-refractivity contribution in [2.75, 3.05) is 5.32 Å². The Kier molecular flexibility index (Phi) is 8.56. The van der Waals surface area contributed by atoms with E-state index in [4.69, 9.17) is 0 Å². The lowest BCUT2D eigenvalue weighted by Gasteiger charge is -2.12. The van der Waals surface area contributed by atoms with Gasteiger partial charge in [0.05, 0.1) is 4.90 Å². The second-order valence-electron chi connectivity index (χ2n) is 7.14. The van der Waals surface area contributed by atoms with Gasteiger partial charge in [0.1, 0.15) is 0 Å². The standard InChI is InChI=1S/C22H29N3O4S/c1-4-7-21(26)24-19-9-6-8-17(14-19)15-23-22(27)18-10-12-20(13-11-18)30(28,29)25-16(3)5-2/h6,8-14,16,25H,4-5,7,15H2,1-3H3,(H,23,27)(H,24,26). The van der Waals surface area contributed by atoms with Gasteiger partial charge in [0, 0.05) is 30.3 Å². The van der Waals surface area contributed by atoms with Crippen molar-refractivity contribution >= 4 is 27.5 Å². The van der Waals surface area contributed by atoms with E-state index >= 15 is 0 Å². The van der Waals surface area contributed by atoms with Crippen molar-refractivity contribution in [2.24, 2.45) is 0 Å². The third-order valence-electron chi connectivity index (χ3n) is 4.54. The number of benzene rings is 2. The Morgan fingerprint density at radius 3 is 2.37 bits per heavy atom. The average Bonchev–Trinajstić information content (AvgIpc) is 2.72. The van der Waals surface area contributed by atoms with Gasteiger partial charge in [-0.3, -0.25) is 9.59 Å². The van der Waals surface area contributed by atoms with Crippen LogP contribution in [0.4, 0.5) is 5.69 Å². The van der Waals surface area contributed by atoms with Crippen LogP contribution in [-0.2, 0) is 21.4 Å². The second kappa shape index (κ2) is 10.9. The fourth-order valence-electron chi connectivity index (χ4n) is 2.70. The Morgan fingerprint density at radius 1 is 1.03 bits per heavy atom. The first kappa shape index (κ1) is 23.6. The minimum atomic E-state index is -3.60. The zero-order valence-corrected chi connectivity index (χ0v) is 18.4. The largest absolute Gasteiger partial charge is 0.348 e. The molecule has 2 rings (SSSR count). The number of anilines is 1. The highest BCUT2D eigenvalue weighted by Crippen LogP contribution is 2.13. The van der Waals surface area contributed by atoms with Gasteiger partial charge in [-0.05, 0) is 61.7 Å². The van der Waals surface area contributed by atoms with Crippen molar-refractivity contribution in [1.82, 2.24) is 10.0 Å². The molecule has 7 nitrogen and oxygen atoms in total. The van der Waals surface area contributed by atoms with E-state index < -0.39 is 10.0 Å². The fourth-order valence-corrected chi connectivity index (χ4v) is 4.02. The monoisotopic (exact) mass is 431 g/mol. The van der Waals surface area contributed by atoms with Gasteiger partial charge < -0.3 is 10.6 Å². The highest BCUT2D eigenvalue weighted by molar-refractivity contribution is 7.89. The number of hydrogen-bond donors (Lipinski definition) is 3. The molecule has 3 N–H and O–H groups in total. The summed E-state index contributed by atoms with van der Waals surface area (Å²) in [4.78, 5) is 24.2. The van der Waals surface area contributed by atoms with Crippen LogP contribution < -0.4 is 15.4 Å². The predicted octanol–water partition coefficient (Wildman–Crippen LogP) is 3.43. The number of rotatable bonds is 10. The van der Waals surface area contributed by atoms with Crippen LogP contribution in [0.3, 0.4) is 0 Å². The molecule has 0 aliphatic heterocycles. The molecule has 1 atom stereocenters. The third-order valence-corrected chi connectivity index (χ3v) is 6.14. The molecule has 0 aliphatic rings. The van der Waals surface area contributed by atoms with E-state index in [1.807, 2.05) is 32.0 Å². The smallest absolute Gasteiger partial charge is 0.251 e. The fraction of sp³-hybridized carbons (Fsp3) is 0.364. The number of hydrogen-bond acceptors (Lipinski definition) is 4. The van der Waals surface area contributed by atoms with Gasteiger partial charge in [-0.2, -0.15) is 0 Å². The molecule has 0 fully saturated rings. The van der Waals surface area contributed by atoms with Crippen LogP contribution in [0.5, 0.6) is 0 Å². The number of amides is 2. The quantitative estimate of drug-likeness (QED) is 0.536. The van der Waals surface area contributed by atoms with Gasteiger partial charge >= 0.3 is 0 Å². The summed E-state index contributed by atoms with van der Waals surface area (Å²) in [7, 11) is -3.60. The van der Waals surface area contributed by atoms with E-state index in [0.717, 1.165) is 12.0 Å². The molecular formula is C22H29N3O4S. The van der Waals surface area contributed by atoms with Gasteiger partial charge in [-0.1, -0.05) is 26.0 Å². The number of nitrogens with one attached hydrogen (secondary N) is 3. The molecule has 0 heterocycles. The lowest BCUT2D eigenvalue weighted by atomic mass is 10.1. The molecule has 0 bridgehead atoms. The highest BCUT2D eigenvalue weighted by atomic mass is 32.2. The molecule has 162 valence electrons. The van der Waals surface area contributed by atoms with Crippen LogP contribution in [0.1, 0.15) is 56.0 Å². The van der Waals surface area contributed by atoms with Gasteiger partial charge in [0.2, 0.25) is 15.9 Å². The first-order valence-corrected chi connectivity index (χ1v) is 11.5. The molecule has 2 amide bonds. The highest BCUT2D eigenvalue weighted by Gasteiger charge is 2.17. The maximum absolute atomic E-state index is 12.4. The molecule has 0 aliphatic carbocycles. The Balaban J connectivity index is 1.98.